The van der Waals surface area contributed by atoms with Gasteiger partial charge in [-0.1, -0.05) is 150 Å². The SMILES string of the molecule is CC(=O)O[C@@H]1CC(C)=C(/C=C/C(C)=C/C=C/C(C)=C/C=C/C=C(C)/C=C/C=C(C)/C=C/C=C(\C)CCC=C(C)C)C(C)(C)C1. The standard InChI is InChI=1S/C42H58O2/c1-32(2)18-14-21-35(5)24-16-26-36(6)25-15-22-33(3)19-12-13-20-34(4)23-17-27-37(7)28-29-41-38(8)30-40(44-39(9)43)31-42(41,10)11/h12-13,15-20,22-29,40H,14,21,30-31H2,1-11H3/b13-12+,22-15+,23-17+,26-16+,29-28+,33-19+,34-20+,35-24+,36-25+,37-27+/t40-/m1/s1. The highest BCUT2D eigenvalue weighted by molar-refractivity contribution is 5.66. The number of ether oxygens (including phenoxy) is 1. The topological polar surface area (TPSA) is 26.3 Å². The zero-order valence-corrected chi connectivity index (χ0v) is 29.5. The Balaban J connectivity index is 2.64. The van der Waals surface area contributed by atoms with Gasteiger partial charge in [0.1, 0.15) is 6.10 Å². The van der Waals surface area contributed by atoms with Crippen LogP contribution in [0.15, 0.2) is 142 Å². The van der Waals surface area contributed by atoms with Crippen molar-refractivity contribution in [1.29, 1.82) is 0 Å². The fraction of sp³-hybridized carbons (Fsp3) is 0.405. The summed E-state index contributed by atoms with van der Waals surface area (Å²) in [5.74, 6) is -0.200. The van der Waals surface area contributed by atoms with E-state index in [4.69, 9.17) is 4.74 Å². The lowest BCUT2D eigenvalue weighted by Crippen LogP contribution is -2.31. The average Bonchev–Trinajstić information content (AvgIpc) is 2.89. The molecule has 0 spiro atoms. The van der Waals surface area contributed by atoms with Gasteiger partial charge in [0.15, 0.2) is 0 Å². The summed E-state index contributed by atoms with van der Waals surface area (Å²) in [5.41, 5.74) is 10.2. The fourth-order valence-electron chi connectivity index (χ4n) is 5.06. The molecule has 0 fully saturated rings. The predicted octanol–water partition coefficient (Wildman–Crippen LogP) is 12.3. The van der Waals surface area contributed by atoms with Crippen molar-refractivity contribution in [3.8, 4) is 0 Å². The summed E-state index contributed by atoms with van der Waals surface area (Å²) in [4.78, 5) is 11.4. The van der Waals surface area contributed by atoms with Crippen LogP contribution in [0.5, 0.6) is 0 Å². The van der Waals surface area contributed by atoms with Crippen molar-refractivity contribution in [2.45, 2.75) is 108 Å². The third kappa shape index (κ3) is 17.5. The van der Waals surface area contributed by atoms with Crippen molar-refractivity contribution in [3.05, 3.63) is 142 Å². The normalized spacial score (nSPS) is 19.4. The van der Waals surface area contributed by atoms with Crippen LogP contribution >= 0.6 is 0 Å². The summed E-state index contributed by atoms with van der Waals surface area (Å²) in [6, 6.07) is 0. The van der Waals surface area contributed by atoms with E-state index in [0.717, 1.165) is 25.7 Å². The number of allylic oxidation sites excluding steroid dienone is 23. The Bertz CT molecular complexity index is 1330. The molecule has 0 N–H and O–H groups in total. The molecule has 1 aliphatic rings. The van der Waals surface area contributed by atoms with E-state index < -0.39 is 0 Å². The molecule has 0 bridgehead atoms. The number of carbonyl (C=O) groups is 1. The van der Waals surface area contributed by atoms with Crippen LogP contribution in [0.2, 0.25) is 0 Å². The highest BCUT2D eigenvalue weighted by atomic mass is 16.5. The number of esters is 1. The zero-order valence-electron chi connectivity index (χ0n) is 29.5. The Labute approximate surface area is 270 Å². The lowest BCUT2D eigenvalue weighted by Gasteiger charge is -2.37. The molecule has 0 saturated carbocycles. The zero-order chi connectivity index (χ0) is 33.1. The van der Waals surface area contributed by atoms with E-state index in [1.165, 1.54) is 51.5 Å². The quantitative estimate of drug-likeness (QED) is 0.114. The van der Waals surface area contributed by atoms with Crippen LogP contribution < -0.4 is 0 Å². The minimum Gasteiger partial charge on any atom is -0.462 e. The average molecular weight is 595 g/mol. The first kappa shape index (κ1) is 38.4. The second kappa shape index (κ2) is 20.3. The highest BCUT2D eigenvalue weighted by Gasteiger charge is 2.33. The predicted molar refractivity (Wildman–Crippen MR) is 194 cm³/mol. The van der Waals surface area contributed by atoms with Crippen LogP contribution in [0.1, 0.15) is 102 Å². The van der Waals surface area contributed by atoms with Gasteiger partial charge in [-0.15, -0.1) is 0 Å². The van der Waals surface area contributed by atoms with Crippen molar-refractivity contribution >= 4 is 5.97 Å². The summed E-state index contributed by atoms with van der Waals surface area (Å²) in [5, 5.41) is 0. The summed E-state index contributed by atoms with van der Waals surface area (Å²) in [6.45, 7) is 23.0. The molecule has 0 radical (unpaired) electrons. The van der Waals surface area contributed by atoms with E-state index in [0.29, 0.717) is 0 Å². The van der Waals surface area contributed by atoms with Crippen LogP contribution in [-0.4, -0.2) is 12.1 Å². The number of carbonyl (C=O) groups excluding carboxylic acids is 1. The molecule has 1 aliphatic carbocycles. The van der Waals surface area contributed by atoms with Gasteiger partial charge in [-0.25, -0.2) is 0 Å². The van der Waals surface area contributed by atoms with Gasteiger partial charge >= 0.3 is 5.97 Å². The number of hydrogen-bond donors (Lipinski definition) is 0. The van der Waals surface area contributed by atoms with E-state index in [9.17, 15) is 4.79 Å². The molecule has 0 aromatic carbocycles. The van der Waals surface area contributed by atoms with Gasteiger partial charge in [0.05, 0.1) is 0 Å². The van der Waals surface area contributed by atoms with Crippen molar-refractivity contribution in [1.82, 2.24) is 0 Å². The molecule has 2 nitrogen and oxygen atoms in total. The molecule has 0 aromatic heterocycles. The third-order valence-electron chi connectivity index (χ3n) is 7.40. The second-order valence-electron chi connectivity index (χ2n) is 13.0. The minimum atomic E-state index is -0.200. The summed E-state index contributed by atoms with van der Waals surface area (Å²) >= 11 is 0. The molecule has 44 heavy (non-hydrogen) atoms. The molecule has 1 atom stereocenters. The molecule has 0 aromatic rings. The lowest BCUT2D eigenvalue weighted by molar-refractivity contribution is -0.147. The van der Waals surface area contributed by atoms with Gasteiger partial charge in [0, 0.05) is 13.3 Å². The molecule has 238 valence electrons. The van der Waals surface area contributed by atoms with Crippen molar-refractivity contribution in [2.75, 3.05) is 0 Å². The Morgan fingerprint density at radius 2 is 1.20 bits per heavy atom. The summed E-state index contributed by atoms with van der Waals surface area (Å²) < 4.78 is 5.50. The van der Waals surface area contributed by atoms with Gasteiger partial charge < -0.3 is 4.74 Å². The van der Waals surface area contributed by atoms with Crippen LogP contribution in [-0.2, 0) is 9.53 Å². The maximum atomic E-state index is 11.4. The van der Waals surface area contributed by atoms with Crippen LogP contribution in [0.3, 0.4) is 0 Å². The maximum Gasteiger partial charge on any atom is 0.302 e. The van der Waals surface area contributed by atoms with E-state index >= 15 is 0 Å². The summed E-state index contributed by atoms with van der Waals surface area (Å²) in [6.07, 6.45) is 38.1. The van der Waals surface area contributed by atoms with Crippen LogP contribution in [0.25, 0.3) is 0 Å². The second-order valence-corrected chi connectivity index (χ2v) is 13.0. The molecular formula is C42H58O2. The van der Waals surface area contributed by atoms with Crippen molar-refractivity contribution in [3.63, 3.8) is 0 Å². The third-order valence-corrected chi connectivity index (χ3v) is 7.40. The highest BCUT2D eigenvalue weighted by Crippen LogP contribution is 2.42. The molecular weight excluding hydrogens is 536 g/mol. The molecule has 0 unspecified atom stereocenters. The molecule has 0 aliphatic heterocycles. The number of hydrogen-bond acceptors (Lipinski definition) is 2. The van der Waals surface area contributed by atoms with Gasteiger partial charge in [-0.05, 0) is 85.6 Å². The molecule has 0 saturated heterocycles. The molecule has 0 heterocycles. The fourth-order valence-corrected chi connectivity index (χ4v) is 5.06. The van der Waals surface area contributed by atoms with E-state index in [2.05, 4.69) is 166 Å². The van der Waals surface area contributed by atoms with Gasteiger partial charge in [-0.2, -0.15) is 0 Å². The monoisotopic (exact) mass is 594 g/mol. The van der Waals surface area contributed by atoms with Crippen molar-refractivity contribution in [2.24, 2.45) is 5.41 Å². The molecule has 1 rings (SSSR count). The first-order valence-corrected chi connectivity index (χ1v) is 15.9. The largest absolute Gasteiger partial charge is 0.462 e. The first-order valence-electron chi connectivity index (χ1n) is 15.9. The van der Waals surface area contributed by atoms with Gasteiger partial charge in [0.25, 0.3) is 0 Å². The summed E-state index contributed by atoms with van der Waals surface area (Å²) in [7, 11) is 0. The van der Waals surface area contributed by atoms with Crippen LogP contribution in [0, 0.1) is 5.41 Å². The Morgan fingerprint density at radius 3 is 1.68 bits per heavy atom. The first-order chi connectivity index (χ1) is 20.7. The van der Waals surface area contributed by atoms with E-state index in [1.54, 1.807) is 0 Å². The van der Waals surface area contributed by atoms with Gasteiger partial charge in [0.2, 0.25) is 0 Å². The van der Waals surface area contributed by atoms with Crippen molar-refractivity contribution < 1.29 is 9.53 Å². The Morgan fingerprint density at radius 1 is 0.727 bits per heavy atom. The van der Waals surface area contributed by atoms with E-state index in [1.807, 2.05) is 0 Å². The maximum absolute atomic E-state index is 11.4. The lowest BCUT2D eigenvalue weighted by atomic mass is 9.71. The van der Waals surface area contributed by atoms with Gasteiger partial charge in [-0.3, -0.25) is 4.79 Å². The number of rotatable bonds is 14. The molecule has 0 amide bonds. The Kier molecular flexibility index (Phi) is 17.7. The van der Waals surface area contributed by atoms with Crippen LogP contribution in [0.4, 0.5) is 0 Å². The Hall–Kier alpha value is -3.65. The van der Waals surface area contributed by atoms with E-state index in [-0.39, 0.29) is 17.5 Å². The molecule has 2 heteroatoms. The smallest absolute Gasteiger partial charge is 0.302 e. The minimum absolute atomic E-state index is 0.0295.